The summed E-state index contributed by atoms with van der Waals surface area (Å²) in [6.07, 6.45) is -3.24. The molecule has 0 N–H and O–H groups in total. The van der Waals surface area contributed by atoms with E-state index >= 15 is 0 Å². The molecule has 62 valence electrons. The zero-order valence-corrected chi connectivity index (χ0v) is 7.44. The van der Waals surface area contributed by atoms with Crippen LogP contribution >= 0.6 is 22.6 Å². The van der Waals surface area contributed by atoms with Gasteiger partial charge in [-0.25, -0.2) is 0 Å². The number of rotatable bonds is 1. The van der Waals surface area contributed by atoms with Gasteiger partial charge in [0.05, 0.1) is 6.26 Å². The fourth-order valence-corrected chi connectivity index (χ4v) is 0.994. The van der Waals surface area contributed by atoms with Crippen LogP contribution in [0.4, 0.5) is 13.2 Å². The minimum absolute atomic E-state index is 0.525. The van der Waals surface area contributed by atoms with Gasteiger partial charge < -0.3 is 4.42 Å². The van der Waals surface area contributed by atoms with Crippen LogP contribution in [0.3, 0.4) is 0 Å². The first-order chi connectivity index (χ1) is 5.04. The molecule has 0 saturated carbocycles. The zero-order chi connectivity index (χ0) is 8.48. The van der Waals surface area contributed by atoms with E-state index in [0.717, 1.165) is 12.3 Å². The van der Waals surface area contributed by atoms with Gasteiger partial charge in [-0.1, -0.05) is 22.6 Å². The van der Waals surface area contributed by atoms with E-state index in [9.17, 15) is 13.2 Å². The van der Waals surface area contributed by atoms with Crippen molar-refractivity contribution in [3.05, 3.63) is 23.7 Å². The molecular weight excluding hydrogens is 272 g/mol. The number of hydrogen-bond acceptors (Lipinski definition) is 1. The molecule has 5 heteroatoms. The van der Waals surface area contributed by atoms with Crippen molar-refractivity contribution in [3.8, 4) is 0 Å². The Morgan fingerprint density at radius 2 is 2.09 bits per heavy atom. The summed E-state index contributed by atoms with van der Waals surface area (Å²) in [6, 6.07) is 1.01. The molecule has 0 aliphatic heterocycles. The van der Waals surface area contributed by atoms with Crippen LogP contribution in [-0.2, 0) is 10.6 Å². The van der Waals surface area contributed by atoms with Crippen LogP contribution in [0.15, 0.2) is 16.7 Å². The van der Waals surface area contributed by atoms with Crippen LogP contribution < -0.4 is 0 Å². The van der Waals surface area contributed by atoms with E-state index in [4.69, 9.17) is 0 Å². The predicted octanol–water partition coefficient (Wildman–Crippen LogP) is 3.23. The monoisotopic (exact) mass is 276 g/mol. The number of alkyl halides is 4. The van der Waals surface area contributed by atoms with Gasteiger partial charge in [0.25, 0.3) is 0 Å². The van der Waals surface area contributed by atoms with Crippen LogP contribution in [0.5, 0.6) is 0 Å². The SMILES string of the molecule is FC(F)(F)c1cc(CI)co1. The van der Waals surface area contributed by atoms with E-state index in [-0.39, 0.29) is 0 Å². The average Bonchev–Trinajstić information content (AvgIpc) is 2.32. The fraction of sp³-hybridized carbons (Fsp3) is 0.333. The highest BCUT2D eigenvalue weighted by molar-refractivity contribution is 14.1. The maximum absolute atomic E-state index is 11.8. The third kappa shape index (κ3) is 2.11. The molecule has 0 fully saturated rings. The van der Waals surface area contributed by atoms with Crippen molar-refractivity contribution in [2.75, 3.05) is 0 Å². The molecule has 0 aliphatic rings. The van der Waals surface area contributed by atoms with E-state index < -0.39 is 11.9 Å². The summed E-state index contributed by atoms with van der Waals surface area (Å²) in [5.41, 5.74) is 0.554. The van der Waals surface area contributed by atoms with Crippen LogP contribution in [0.25, 0.3) is 0 Å². The highest BCUT2D eigenvalue weighted by Crippen LogP contribution is 2.30. The third-order valence-electron chi connectivity index (χ3n) is 1.09. The van der Waals surface area contributed by atoms with Crippen molar-refractivity contribution in [1.82, 2.24) is 0 Å². The molecule has 0 amide bonds. The Kier molecular flexibility index (Phi) is 2.46. The second kappa shape index (κ2) is 3.04. The van der Waals surface area contributed by atoms with Crippen molar-refractivity contribution in [2.45, 2.75) is 10.6 Å². The molecule has 1 rings (SSSR count). The van der Waals surface area contributed by atoms with Crippen LogP contribution in [0.1, 0.15) is 11.3 Å². The number of furan rings is 1. The van der Waals surface area contributed by atoms with Crippen LogP contribution in [0, 0.1) is 0 Å². The van der Waals surface area contributed by atoms with E-state index in [0.29, 0.717) is 9.99 Å². The molecule has 0 spiro atoms. The number of hydrogen-bond donors (Lipinski definition) is 0. The van der Waals surface area contributed by atoms with Gasteiger partial charge in [0.15, 0.2) is 0 Å². The molecular formula is C6H4F3IO. The molecule has 1 nitrogen and oxygen atoms in total. The summed E-state index contributed by atoms with van der Waals surface area (Å²) in [6.45, 7) is 0. The summed E-state index contributed by atoms with van der Waals surface area (Å²) in [4.78, 5) is 0. The average molecular weight is 276 g/mol. The lowest BCUT2D eigenvalue weighted by Crippen LogP contribution is -2.01. The first kappa shape index (κ1) is 8.89. The van der Waals surface area contributed by atoms with Gasteiger partial charge in [-0.05, 0) is 6.07 Å². The predicted molar refractivity (Wildman–Crippen MR) is 41.4 cm³/mol. The zero-order valence-electron chi connectivity index (χ0n) is 5.28. The minimum Gasteiger partial charge on any atom is -0.459 e. The maximum atomic E-state index is 11.8. The van der Waals surface area contributed by atoms with Gasteiger partial charge in [-0.3, -0.25) is 0 Å². The van der Waals surface area contributed by atoms with E-state index in [2.05, 4.69) is 4.42 Å². The van der Waals surface area contributed by atoms with E-state index in [1.807, 2.05) is 22.6 Å². The van der Waals surface area contributed by atoms with Crippen LogP contribution in [-0.4, -0.2) is 0 Å². The lowest BCUT2D eigenvalue weighted by atomic mass is 10.3. The Morgan fingerprint density at radius 1 is 1.45 bits per heavy atom. The molecule has 0 saturated heterocycles. The molecule has 0 bridgehead atoms. The lowest BCUT2D eigenvalue weighted by Gasteiger charge is -1.98. The van der Waals surface area contributed by atoms with Gasteiger partial charge in [-0.15, -0.1) is 0 Å². The normalized spacial score (nSPS) is 12.0. The van der Waals surface area contributed by atoms with E-state index in [1.54, 1.807) is 0 Å². The van der Waals surface area contributed by atoms with Crippen molar-refractivity contribution in [1.29, 1.82) is 0 Å². The third-order valence-corrected chi connectivity index (χ3v) is 1.97. The highest BCUT2D eigenvalue weighted by Gasteiger charge is 2.34. The second-order valence-electron chi connectivity index (χ2n) is 1.95. The summed E-state index contributed by atoms with van der Waals surface area (Å²) >= 11 is 1.97. The Labute approximate surface area is 74.7 Å². The van der Waals surface area contributed by atoms with Gasteiger partial charge in [-0.2, -0.15) is 13.2 Å². The summed E-state index contributed by atoms with van der Waals surface area (Å²) < 4.78 is 40.3. The standard InChI is InChI=1S/C6H4F3IO/c7-6(8,9)5-1-4(2-10)3-11-5/h1,3H,2H2. The van der Waals surface area contributed by atoms with Gasteiger partial charge in [0, 0.05) is 9.99 Å². The van der Waals surface area contributed by atoms with Gasteiger partial charge in [0.1, 0.15) is 0 Å². The molecule has 11 heavy (non-hydrogen) atoms. The Morgan fingerprint density at radius 3 is 2.36 bits per heavy atom. The van der Waals surface area contributed by atoms with Gasteiger partial charge >= 0.3 is 6.18 Å². The lowest BCUT2D eigenvalue weighted by molar-refractivity contribution is -0.153. The molecule has 0 aromatic carbocycles. The van der Waals surface area contributed by atoms with Crippen molar-refractivity contribution < 1.29 is 17.6 Å². The highest BCUT2D eigenvalue weighted by atomic mass is 127. The number of halogens is 4. The van der Waals surface area contributed by atoms with Crippen molar-refractivity contribution >= 4 is 22.6 Å². The molecule has 1 heterocycles. The maximum Gasteiger partial charge on any atom is 0.449 e. The first-order valence-electron chi connectivity index (χ1n) is 2.74. The summed E-state index contributed by atoms with van der Waals surface area (Å²) in [7, 11) is 0. The Bertz CT molecular complexity index is 240. The first-order valence-corrected chi connectivity index (χ1v) is 4.27. The summed E-state index contributed by atoms with van der Waals surface area (Å²) in [5.74, 6) is -0.927. The molecule has 0 atom stereocenters. The van der Waals surface area contributed by atoms with E-state index in [1.165, 1.54) is 0 Å². The largest absolute Gasteiger partial charge is 0.459 e. The molecule has 0 aliphatic carbocycles. The molecule has 1 aromatic heterocycles. The van der Waals surface area contributed by atoms with Crippen molar-refractivity contribution in [2.24, 2.45) is 0 Å². The molecule has 0 radical (unpaired) electrons. The fourth-order valence-electron chi connectivity index (χ4n) is 0.594. The second-order valence-corrected chi connectivity index (χ2v) is 2.71. The topological polar surface area (TPSA) is 13.1 Å². The smallest absolute Gasteiger partial charge is 0.449 e. The summed E-state index contributed by atoms with van der Waals surface area (Å²) in [5, 5.41) is 0. The molecule has 0 unspecified atom stereocenters. The Hall–Kier alpha value is -0.200. The van der Waals surface area contributed by atoms with Gasteiger partial charge in [0.2, 0.25) is 5.76 Å². The van der Waals surface area contributed by atoms with Crippen LogP contribution in [0.2, 0.25) is 0 Å². The molecule has 1 aromatic rings. The minimum atomic E-state index is -4.36. The Balaban J connectivity index is 2.89. The van der Waals surface area contributed by atoms with Crippen molar-refractivity contribution in [3.63, 3.8) is 0 Å². The quantitative estimate of drug-likeness (QED) is 0.567.